The van der Waals surface area contributed by atoms with Crippen LogP contribution in [0.5, 0.6) is 0 Å². The quantitative estimate of drug-likeness (QED) is 0.427. The van der Waals surface area contributed by atoms with Crippen LogP contribution in [0.4, 0.5) is 0 Å². The average molecular weight is 272 g/mol. The van der Waals surface area contributed by atoms with Crippen LogP contribution < -0.4 is 10.3 Å². The zero-order chi connectivity index (χ0) is 13.4. The summed E-state index contributed by atoms with van der Waals surface area (Å²) in [4.78, 5) is 13.3. The Labute approximate surface area is 106 Å². The molecule has 6 nitrogen and oxygen atoms in total. The first-order valence-electron chi connectivity index (χ1n) is 5.51. The number of hydrogen-bond acceptors (Lipinski definition) is 5. The Morgan fingerprint density at radius 3 is 2.56 bits per heavy atom. The summed E-state index contributed by atoms with van der Waals surface area (Å²) >= 11 is 0. The first-order valence-corrected chi connectivity index (χ1v) is 7.00. The molecule has 1 rings (SSSR count). The lowest BCUT2D eigenvalue weighted by Gasteiger charge is -2.07. The Hall–Kier alpha value is -1.44. The van der Waals surface area contributed by atoms with Gasteiger partial charge in [0.15, 0.2) is 0 Å². The third kappa shape index (κ3) is 4.82. The predicted octanol–water partition coefficient (Wildman–Crippen LogP) is 0.423. The van der Waals surface area contributed by atoms with Crippen LogP contribution in [0.1, 0.15) is 13.3 Å². The molecular weight excluding hydrogens is 256 g/mol. The first kappa shape index (κ1) is 14.6. The van der Waals surface area contributed by atoms with Crippen LogP contribution in [0.15, 0.2) is 35.2 Å². The van der Waals surface area contributed by atoms with E-state index in [0.717, 1.165) is 0 Å². The predicted molar refractivity (Wildman–Crippen MR) is 66.0 cm³/mol. The Balaban J connectivity index is 2.37. The van der Waals surface area contributed by atoms with Crippen molar-refractivity contribution in [1.82, 2.24) is 10.3 Å². The molecule has 0 saturated carbocycles. The van der Waals surface area contributed by atoms with E-state index in [1.807, 2.05) is 0 Å². The number of benzene rings is 1. The minimum Gasteiger partial charge on any atom is -0.466 e. The fourth-order valence-corrected chi connectivity index (χ4v) is 2.13. The highest BCUT2D eigenvalue weighted by Gasteiger charge is 2.12. The normalized spacial score (nSPS) is 11.2. The van der Waals surface area contributed by atoms with Crippen molar-refractivity contribution in [2.24, 2.45) is 0 Å². The van der Waals surface area contributed by atoms with E-state index in [2.05, 4.69) is 10.3 Å². The maximum Gasteiger partial charge on any atom is 0.307 e. The minimum atomic E-state index is -3.58. The first-order chi connectivity index (χ1) is 8.56. The number of nitrogens with one attached hydrogen (secondary N) is 2. The van der Waals surface area contributed by atoms with Crippen molar-refractivity contribution in [3.63, 3.8) is 0 Å². The van der Waals surface area contributed by atoms with E-state index in [4.69, 9.17) is 4.74 Å². The highest BCUT2D eigenvalue weighted by Crippen LogP contribution is 2.05. The lowest BCUT2D eigenvalue weighted by Crippen LogP contribution is -2.38. The number of hydrogen-bond donors (Lipinski definition) is 2. The molecule has 0 fully saturated rings. The maximum atomic E-state index is 11.7. The second-order valence-corrected chi connectivity index (χ2v) is 5.08. The molecule has 0 radical (unpaired) electrons. The summed E-state index contributed by atoms with van der Waals surface area (Å²) in [5.74, 6) is -0.371. The van der Waals surface area contributed by atoms with E-state index < -0.39 is 10.0 Å². The van der Waals surface area contributed by atoms with E-state index in [1.54, 1.807) is 25.1 Å². The van der Waals surface area contributed by atoms with Gasteiger partial charge >= 0.3 is 5.97 Å². The molecule has 0 aromatic heterocycles. The van der Waals surface area contributed by atoms with Crippen LogP contribution in [0.25, 0.3) is 0 Å². The summed E-state index contributed by atoms with van der Waals surface area (Å²) in [6.45, 7) is 2.20. The molecule has 1 aromatic carbocycles. The molecule has 0 aliphatic carbocycles. The fraction of sp³-hybridized carbons (Fsp3) is 0.364. The molecular formula is C11H16N2O4S. The largest absolute Gasteiger partial charge is 0.466 e. The van der Waals surface area contributed by atoms with Gasteiger partial charge in [0, 0.05) is 6.54 Å². The third-order valence-electron chi connectivity index (χ3n) is 2.02. The standard InChI is InChI=1S/C11H16N2O4S/c1-2-17-11(14)8-9-12-13-18(15,16)10-6-4-3-5-7-10/h3-7,12-13H,2,8-9H2,1H3. The summed E-state index contributed by atoms with van der Waals surface area (Å²) in [6, 6.07) is 7.96. The number of rotatable bonds is 7. The van der Waals surface area contributed by atoms with Gasteiger partial charge in [0.2, 0.25) is 0 Å². The average Bonchev–Trinajstić information content (AvgIpc) is 2.36. The Bertz CT molecular complexity index is 473. The van der Waals surface area contributed by atoms with Crippen molar-refractivity contribution in [3.05, 3.63) is 30.3 Å². The third-order valence-corrected chi connectivity index (χ3v) is 3.33. The van der Waals surface area contributed by atoms with E-state index in [1.165, 1.54) is 12.1 Å². The van der Waals surface area contributed by atoms with Gasteiger partial charge in [-0.3, -0.25) is 4.79 Å². The Morgan fingerprint density at radius 2 is 1.94 bits per heavy atom. The fourth-order valence-electron chi connectivity index (χ4n) is 1.20. The molecule has 0 amide bonds. The second kappa shape index (κ2) is 7.10. The van der Waals surface area contributed by atoms with Gasteiger partial charge in [-0.25, -0.2) is 13.8 Å². The molecule has 0 saturated heterocycles. The van der Waals surface area contributed by atoms with Crippen molar-refractivity contribution in [2.75, 3.05) is 13.2 Å². The highest BCUT2D eigenvalue weighted by atomic mass is 32.2. The molecule has 100 valence electrons. The van der Waals surface area contributed by atoms with Gasteiger partial charge in [-0.05, 0) is 19.1 Å². The van der Waals surface area contributed by atoms with Crippen LogP contribution in [0.3, 0.4) is 0 Å². The van der Waals surface area contributed by atoms with Gasteiger partial charge < -0.3 is 4.74 Å². The van der Waals surface area contributed by atoms with Crippen LogP contribution in [0.2, 0.25) is 0 Å². The van der Waals surface area contributed by atoms with Crippen molar-refractivity contribution in [1.29, 1.82) is 0 Å². The molecule has 18 heavy (non-hydrogen) atoms. The summed E-state index contributed by atoms with van der Waals surface area (Å²) in [7, 11) is -3.58. The van der Waals surface area contributed by atoms with Gasteiger partial charge in [-0.15, -0.1) is 4.83 Å². The summed E-state index contributed by atoms with van der Waals surface area (Å²) < 4.78 is 28.1. The molecule has 0 unspecified atom stereocenters. The number of carbonyl (C=O) groups excluding carboxylic acids is 1. The van der Waals surface area contributed by atoms with Crippen molar-refractivity contribution >= 4 is 16.0 Å². The number of esters is 1. The summed E-state index contributed by atoms with van der Waals surface area (Å²) in [5.41, 5.74) is 2.47. The number of sulfonamides is 1. The highest BCUT2D eigenvalue weighted by molar-refractivity contribution is 7.89. The molecule has 0 aliphatic heterocycles. The molecule has 0 bridgehead atoms. The van der Waals surface area contributed by atoms with E-state index in [9.17, 15) is 13.2 Å². The lowest BCUT2D eigenvalue weighted by molar-refractivity contribution is -0.143. The van der Waals surface area contributed by atoms with Crippen molar-refractivity contribution < 1.29 is 17.9 Å². The minimum absolute atomic E-state index is 0.102. The summed E-state index contributed by atoms with van der Waals surface area (Å²) in [5, 5.41) is 0. The Kier molecular flexibility index (Phi) is 5.76. The second-order valence-electron chi connectivity index (χ2n) is 3.40. The molecule has 1 aromatic rings. The van der Waals surface area contributed by atoms with E-state index in [-0.39, 0.29) is 23.8 Å². The van der Waals surface area contributed by atoms with Gasteiger partial charge in [-0.2, -0.15) is 0 Å². The SMILES string of the molecule is CCOC(=O)CCNNS(=O)(=O)c1ccccc1. The van der Waals surface area contributed by atoms with Gasteiger partial charge in [0.1, 0.15) is 0 Å². The maximum absolute atomic E-state index is 11.7. The number of hydrazine groups is 1. The van der Waals surface area contributed by atoms with Crippen LogP contribution >= 0.6 is 0 Å². The van der Waals surface area contributed by atoms with E-state index in [0.29, 0.717) is 6.61 Å². The summed E-state index contributed by atoms with van der Waals surface area (Å²) in [6.07, 6.45) is 0.102. The van der Waals surface area contributed by atoms with E-state index >= 15 is 0 Å². The van der Waals surface area contributed by atoms with Crippen molar-refractivity contribution in [3.8, 4) is 0 Å². The smallest absolute Gasteiger partial charge is 0.307 e. The molecule has 0 spiro atoms. The van der Waals surface area contributed by atoms with Crippen LogP contribution in [-0.2, 0) is 19.6 Å². The molecule has 0 heterocycles. The van der Waals surface area contributed by atoms with Gasteiger partial charge in [0.05, 0.1) is 17.9 Å². The zero-order valence-corrected chi connectivity index (χ0v) is 10.9. The molecule has 0 aliphatic rings. The molecule has 7 heteroatoms. The van der Waals surface area contributed by atoms with Crippen LogP contribution in [-0.4, -0.2) is 27.5 Å². The molecule has 2 N–H and O–H groups in total. The van der Waals surface area contributed by atoms with Gasteiger partial charge in [-0.1, -0.05) is 18.2 Å². The number of carbonyl (C=O) groups is 1. The Morgan fingerprint density at radius 1 is 1.28 bits per heavy atom. The number of ether oxygens (including phenoxy) is 1. The van der Waals surface area contributed by atoms with Crippen LogP contribution in [0, 0.1) is 0 Å². The van der Waals surface area contributed by atoms with Gasteiger partial charge in [0.25, 0.3) is 10.0 Å². The zero-order valence-electron chi connectivity index (χ0n) is 10.0. The van der Waals surface area contributed by atoms with Crippen molar-refractivity contribution in [2.45, 2.75) is 18.2 Å². The lowest BCUT2D eigenvalue weighted by atomic mass is 10.4. The monoisotopic (exact) mass is 272 g/mol. The topological polar surface area (TPSA) is 84.5 Å². The molecule has 0 atom stereocenters.